The molecule has 2 aromatic rings. The summed E-state index contributed by atoms with van der Waals surface area (Å²) in [6.45, 7) is 1.87. The van der Waals surface area contributed by atoms with Gasteiger partial charge in [-0.05, 0) is 36.8 Å². The highest BCUT2D eigenvalue weighted by Crippen LogP contribution is 2.20. The molecule has 0 bridgehead atoms. The first-order chi connectivity index (χ1) is 8.60. The summed E-state index contributed by atoms with van der Waals surface area (Å²) in [5, 5.41) is 11.7. The maximum Gasteiger partial charge on any atom is 0.141 e. The molecule has 0 radical (unpaired) electrons. The summed E-state index contributed by atoms with van der Waals surface area (Å²) in [5.74, 6) is 0.0571. The molecule has 4 nitrogen and oxygen atoms in total. The van der Waals surface area contributed by atoms with E-state index in [2.05, 4.69) is 10.3 Å². The molecule has 0 amide bonds. The standard InChI is InChI=1S/C13H11FN4/c1-8-4-13(17-7-12(8)16)18-10-2-3-11(14)9(5-10)6-15/h2-5,7H,16H2,1H3,(H,17,18). The smallest absolute Gasteiger partial charge is 0.141 e. The number of nitriles is 1. The molecule has 1 heterocycles. The van der Waals surface area contributed by atoms with Crippen molar-refractivity contribution < 1.29 is 4.39 Å². The molecule has 2 rings (SSSR count). The zero-order valence-electron chi connectivity index (χ0n) is 9.74. The van der Waals surface area contributed by atoms with Crippen LogP contribution < -0.4 is 11.1 Å². The lowest BCUT2D eigenvalue weighted by molar-refractivity contribution is 0.624. The second kappa shape index (κ2) is 4.72. The average Bonchev–Trinajstić information content (AvgIpc) is 2.36. The Morgan fingerprint density at radius 1 is 1.39 bits per heavy atom. The second-order valence-corrected chi connectivity index (χ2v) is 3.86. The van der Waals surface area contributed by atoms with Gasteiger partial charge in [0.15, 0.2) is 0 Å². The lowest BCUT2D eigenvalue weighted by Gasteiger charge is -2.08. The molecule has 0 unspecified atom stereocenters. The van der Waals surface area contributed by atoms with Crippen LogP contribution in [-0.4, -0.2) is 4.98 Å². The van der Waals surface area contributed by atoms with E-state index in [0.29, 0.717) is 17.2 Å². The van der Waals surface area contributed by atoms with E-state index in [-0.39, 0.29) is 5.56 Å². The van der Waals surface area contributed by atoms with Gasteiger partial charge < -0.3 is 11.1 Å². The van der Waals surface area contributed by atoms with Gasteiger partial charge in [-0.1, -0.05) is 0 Å². The number of nitrogens with zero attached hydrogens (tertiary/aromatic N) is 2. The highest BCUT2D eigenvalue weighted by atomic mass is 19.1. The molecule has 0 saturated heterocycles. The molecule has 0 aliphatic heterocycles. The molecule has 0 fully saturated rings. The van der Waals surface area contributed by atoms with Crippen molar-refractivity contribution in [2.45, 2.75) is 6.92 Å². The van der Waals surface area contributed by atoms with Crippen LogP contribution in [0.1, 0.15) is 11.1 Å². The van der Waals surface area contributed by atoms with Gasteiger partial charge in [-0.3, -0.25) is 0 Å². The Morgan fingerprint density at radius 3 is 2.83 bits per heavy atom. The number of hydrogen-bond donors (Lipinski definition) is 2. The van der Waals surface area contributed by atoms with Crippen LogP contribution in [0.2, 0.25) is 0 Å². The maximum absolute atomic E-state index is 13.1. The zero-order chi connectivity index (χ0) is 13.1. The van der Waals surface area contributed by atoms with E-state index in [0.717, 1.165) is 5.56 Å². The largest absolute Gasteiger partial charge is 0.397 e. The van der Waals surface area contributed by atoms with Gasteiger partial charge in [-0.2, -0.15) is 5.26 Å². The molecular formula is C13H11FN4. The van der Waals surface area contributed by atoms with E-state index in [1.54, 1.807) is 24.4 Å². The summed E-state index contributed by atoms with van der Waals surface area (Å²) in [4.78, 5) is 4.10. The predicted octanol–water partition coefficient (Wildman–Crippen LogP) is 2.73. The highest BCUT2D eigenvalue weighted by molar-refractivity contribution is 5.61. The van der Waals surface area contributed by atoms with Crippen LogP contribution in [0.5, 0.6) is 0 Å². The van der Waals surface area contributed by atoms with Crippen molar-refractivity contribution in [3.8, 4) is 6.07 Å². The normalized spacial score (nSPS) is 9.83. The molecule has 0 aliphatic rings. The molecule has 1 aromatic heterocycles. The fourth-order valence-corrected chi connectivity index (χ4v) is 1.47. The highest BCUT2D eigenvalue weighted by Gasteiger charge is 2.04. The van der Waals surface area contributed by atoms with Crippen LogP contribution >= 0.6 is 0 Å². The number of hydrogen-bond acceptors (Lipinski definition) is 4. The maximum atomic E-state index is 13.1. The van der Waals surface area contributed by atoms with Gasteiger partial charge in [-0.25, -0.2) is 9.37 Å². The second-order valence-electron chi connectivity index (χ2n) is 3.86. The number of nitrogens with one attached hydrogen (secondary N) is 1. The quantitative estimate of drug-likeness (QED) is 0.849. The van der Waals surface area contributed by atoms with E-state index >= 15 is 0 Å². The van der Waals surface area contributed by atoms with Gasteiger partial charge in [-0.15, -0.1) is 0 Å². The third kappa shape index (κ3) is 2.38. The molecule has 90 valence electrons. The average molecular weight is 242 g/mol. The topological polar surface area (TPSA) is 74.7 Å². The molecule has 3 N–H and O–H groups in total. The van der Waals surface area contributed by atoms with Gasteiger partial charge in [0.05, 0.1) is 17.4 Å². The van der Waals surface area contributed by atoms with Crippen LogP contribution in [0.3, 0.4) is 0 Å². The number of rotatable bonds is 2. The van der Waals surface area contributed by atoms with Crippen molar-refractivity contribution in [2.75, 3.05) is 11.1 Å². The van der Waals surface area contributed by atoms with E-state index < -0.39 is 5.82 Å². The minimum absolute atomic E-state index is 0.00725. The molecule has 0 saturated carbocycles. The first-order valence-corrected chi connectivity index (χ1v) is 5.29. The van der Waals surface area contributed by atoms with Gasteiger partial charge in [0.25, 0.3) is 0 Å². The van der Waals surface area contributed by atoms with Crippen LogP contribution in [0.25, 0.3) is 0 Å². The number of benzene rings is 1. The third-order valence-electron chi connectivity index (χ3n) is 2.51. The van der Waals surface area contributed by atoms with Crippen molar-refractivity contribution >= 4 is 17.2 Å². The number of aromatic nitrogens is 1. The van der Waals surface area contributed by atoms with Gasteiger partial charge in [0.1, 0.15) is 17.7 Å². The Hall–Kier alpha value is -2.61. The van der Waals surface area contributed by atoms with Gasteiger partial charge in [0, 0.05) is 5.69 Å². The lowest BCUT2D eigenvalue weighted by atomic mass is 10.2. The Balaban J connectivity index is 2.29. The predicted molar refractivity (Wildman–Crippen MR) is 67.8 cm³/mol. The number of halogens is 1. The monoisotopic (exact) mass is 242 g/mol. The Bertz CT molecular complexity index is 631. The Labute approximate surface area is 104 Å². The number of nitrogen functional groups attached to an aromatic ring is 1. The molecule has 1 aromatic carbocycles. The van der Waals surface area contributed by atoms with Crippen molar-refractivity contribution in [1.82, 2.24) is 4.98 Å². The summed E-state index contributed by atoms with van der Waals surface area (Å²) in [7, 11) is 0. The summed E-state index contributed by atoms with van der Waals surface area (Å²) < 4.78 is 13.1. The first-order valence-electron chi connectivity index (χ1n) is 5.29. The van der Waals surface area contributed by atoms with Gasteiger partial charge >= 0.3 is 0 Å². The molecular weight excluding hydrogens is 231 g/mol. The van der Waals surface area contributed by atoms with E-state index in [9.17, 15) is 4.39 Å². The lowest BCUT2D eigenvalue weighted by Crippen LogP contribution is -1.98. The van der Waals surface area contributed by atoms with Crippen LogP contribution in [0.4, 0.5) is 21.6 Å². The van der Waals surface area contributed by atoms with Crippen LogP contribution in [0.15, 0.2) is 30.5 Å². The molecule has 0 atom stereocenters. The van der Waals surface area contributed by atoms with E-state index in [4.69, 9.17) is 11.0 Å². The minimum Gasteiger partial charge on any atom is -0.397 e. The summed E-state index contributed by atoms with van der Waals surface area (Å²) in [5.41, 5.74) is 7.77. The summed E-state index contributed by atoms with van der Waals surface area (Å²) in [6.07, 6.45) is 1.55. The van der Waals surface area contributed by atoms with E-state index in [1.165, 1.54) is 12.1 Å². The fraction of sp³-hybridized carbons (Fsp3) is 0.0769. The fourth-order valence-electron chi connectivity index (χ4n) is 1.47. The minimum atomic E-state index is -0.538. The summed E-state index contributed by atoms with van der Waals surface area (Å²) in [6, 6.07) is 7.79. The molecule has 5 heteroatoms. The third-order valence-corrected chi connectivity index (χ3v) is 2.51. The number of aryl methyl sites for hydroxylation is 1. The Kier molecular flexibility index (Phi) is 3.11. The molecule has 0 spiro atoms. The zero-order valence-corrected chi connectivity index (χ0v) is 9.74. The van der Waals surface area contributed by atoms with Crippen molar-refractivity contribution in [1.29, 1.82) is 5.26 Å². The van der Waals surface area contributed by atoms with Gasteiger partial charge in [0.2, 0.25) is 0 Å². The van der Waals surface area contributed by atoms with E-state index in [1.807, 2.05) is 6.92 Å². The summed E-state index contributed by atoms with van der Waals surface area (Å²) >= 11 is 0. The number of anilines is 3. The SMILES string of the molecule is Cc1cc(Nc2ccc(F)c(C#N)c2)ncc1N. The number of pyridine rings is 1. The van der Waals surface area contributed by atoms with Crippen molar-refractivity contribution in [3.05, 3.63) is 47.4 Å². The van der Waals surface area contributed by atoms with Crippen LogP contribution in [-0.2, 0) is 0 Å². The van der Waals surface area contributed by atoms with Crippen LogP contribution in [0, 0.1) is 24.1 Å². The molecule has 18 heavy (non-hydrogen) atoms. The van der Waals surface area contributed by atoms with Crippen molar-refractivity contribution in [2.24, 2.45) is 0 Å². The Morgan fingerprint density at radius 2 is 2.17 bits per heavy atom. The first kappa shape index (κ1) is 11.9. The number of nitrogens with two attached hydrogens (primary N) is 1. The molecule has 0 aliphatic carbocycles. The van der Waals surface area contributed by atoms with Crippen molar-refractivity contribution in [3.63, 3.8) is 0 Å².